The van der Waals surface area contributed by atoms with Crippen molar-refractivity contribution in [2.45, 2.75) is 0 Å². The second kappa shape index (κ2) is 8.28. The maximum absolute atomic E-state index is 12.1. The summed E-state index contributed by atoms with van der Waals surface area (Å²) < 4.78 is 0. The molecule has 2 amide bonds. The van der Waals surface area contributed by atoms with E-state index in [9.17, 15) is 19.7 Å². The summed E-state index contributed by atoms with van der Waals surface area (Å²) in [5.74, 6) is -1.90. The third-order valence-corrected chi connectivity index (χ3v) is 4.15. The van der Waals surface area contributed by atoms with E-state index in [2.05, 4.69) is 15.8 Å². The van der Waals surface area contributed by atoms with E-state index in [0.717, 1.165) is 17.0 Å². The first-order valence-electron chi connectivity index (χ1n) is 8.02. The molecule has 0 aliphatic heterocycles. The summed E-state index contributed by atoms with van der Waals surface area (Å²) >= 11 is 5.94. The number of hydrogen-bond donors (Lipinski definition) is 2. The van der Waals surface area contributed by atoms with Crippen LogP contribution in [0.3, 0.4) is 0 Å². The third kappa shape index (κ3) is 4.30. The van der Waals surface area contributed by atoms with Crippen LogP contribution in [0.25, 0.3) is 10.8 Å². The highest BCUT2D eigenvalue weighted by Gasteiger charge is 2.14. The maximum atomic E-state index is 12.1. The van der Waals surface area contributed by atoms with Crippen molar-refractivity contribution in [2.24, 2.45) is 5.10 Å². The standard InChI is InChI=1S/C19H13ClN4O4/c20-16-9-8-14(24(27)28)10-13(16)11-21-23-19(26)18(25)22-17-7-3-5-12-4-1-2-6-15(12)17/h1-11H,(H,22,25)(H,23,26)/b21-11-. The van der Waals surface area contributed by atoms with Crippen LogP contribution in [0.4, 0.5) is 11.4 Å². The first kappa shape index (κ1) is 19.0. The lowest BCUT2D eigenvalue weighted by atomic mass is 10.1. The summed E-state index contributed by atoms with van der Waals surface area (Å²) in [6.45, 7) is 0. The van der Waals surface area contributed by atoms with E-state index in [1.165, 1.54) is 18.2 Å². The number of nitro groups is 1. The van der Waals surface area contributed by atoms with E-state index < -0.39 is 16.7 Å². The van der Waals surface area contributed by atoms with Crippen molar-refractivity contribution in [1.82, 2.24) is 5.43 Å². The third-order valence-electron chi connectivity index (χ3n) is 3.80. The molecule has 3 rings (SSSR count). The van der Waals surface area contributed by atoms with Crippen molar-refractivity contribution in [3.8, 4) is 0 Å². The van der Waals surface area contributed by atoms with Crippen LogP contribution < -0.4 is 10.7 Å². The number of carbonyl (C=O) groups is 2. The zero-order chi connectivity index (χ0) is 20.1. The number of nitrogens with one attached hydrogen (secondary N) is 2. The molecule has 0 heterocycles. The van der Waals surface area contributed by atoms with Gasteiger partial charge >= 0.3 is 11.8 Å². The molecule has 0 aromatic heterocycles. The molecule has 0 radical (unpaired) electrons. The van der Waals surface area contributed by atoms with Gasteiger partial charge in [0.15, 0.2) is 0 Å². The molecule has 0 aliphatic carbocycles. The fraction of sp³-hybridized carbons (Fsp3) is 0. The number of non-ortho nitro benzene ring substituents is 1. The summed E-state index contributed by atoms with van der Waals surface area (Å²) in [6, 6.07) is 16.5. The number of rotatable bonds is 4. The molecule has 0 aliphatic rings. The van der Waals surface area contributed by atoms with Crippen LogP contribution in [-0.2, 0) is 9.59 Å². The SMILES string of the molecule is O=C(N/N=C\c1cc([N+](=O)[O-])ccc1Cl)C(=O)Nc1cccc2ccccc12. The molecular formula is C19H13ClN4O4. The number of benzene rings is 3. The van der Waals surface area contributed by atoms with Crippen molar-refractivity contribution in [3.63, 3.8) is 0 Å². The molecule has 0 spiro atoms. The fourth-order valence-electron chi connectivity index (χ4n) is 2.47. The van der Waals surface area contributed by atoms with Crippen LogP contribution in [0.5, 0.6) is 0 Å². The Bertz CT molecular complexity index is 1110. The van der Waals surface area contributed by atoms with Gasteiger partial charge in [0, 0.05) is 33.8 Å². The molecule has 0 saturated carbocycles. The van der Waals surface area contributed by atoms with Crippen molar-refractivity contribution in [3.05, 3.63) is 81.4 Å². The highest BCUT2D eigenvalue weighted by molar-refractivity contribution is 6.40. The molecule has 9 heteroatoms. The average Bonchev–Trinajstić information content (AvgIpc) is 2.69. The van der Waals surface area contributed by atoms with Gasteiger partial charge < -0.3 is 5.32 Å². The van der Waals surface area contributed by atoms with E-state index in [-0.39, 0.29) is 16.3 Å². The van der Waals surface area contributed by atoms with Crippen LogP contribution in [0.1, 0.15) is 5.56 Å². The predicted octanol–water partition coefficient (Wildman–Crippen LogP) is 3.49. The van der Waals surface area contributed by atoms with Gasteiger partial charge in [0.2, 0.25) is 0 Å². The topological polar surface area (TPSA) is 114 Å². The normalized spacial score (nSPS) is 10.8. The van der Waals surface area contributed by atoms with E-state index in [0.29, 0.717) is 5.69 Å². The summed E-state index contributed by atoms with van der Waals surface area (Å²) in [6.07, 6.45) is 1.12. The molecule has 8 nitrogen and oxygen atoms in total. The second-order valence-corrected chi connectivity index (χ2v) is 6.05. The van der Waals surface area contributed by atoms with Crippen LogP contribution >= 0.6 is 11.6 Å². The molecule has 0 atom stereocenters. The highest BCUT2D eigenvalue weighted by atomic mass is 35.5. The largest absolute Gasteiger partial charge is 0.329 e. The lowest BCUT2D eigenvalue weighted by Crippen LogP contribution is -2.32. The predicted molar refractivity (Wildman–Crippen MR) is 106 cm³/mol. The molecule has 0 unspecified atom stereocenters. The highest BCUT2D eigenvalue weighted by Crippen LogP contribution is 2.23. The lowest BCUT2D eigenvalue weighted by molar-refractivity contribution is -0.384. The first-order valence-corrected chi connectivity index (χ1v) is 8.39. The van der Waals surface area contributed by atoms with Gasteiger partial charge in [0.05, 0.1) is 11.1 Å². The van der Waals surface area contributed by atoms with Gasteiger partial charge in [-0.2, -0.15) is 5.10 Å². The minimum Gasteiger partial charge on any atom is -0.317 e. The zero-order valence-corrected chi connectivity index (χ0v) is 15.0. The number of amides is 2. The van der Waals surface area contributed by atoms with Crippen molar-refractivity contribution in [2.75, 3.05) is 5.32 Å². The number of anilines is 1. The Hall–Kier alpha value is -3.78. The van der Waals surface area contributed by atoms with Crippen LogP contribution in [-0.4, -0.2) is 23.0 Å². The van der Waals surface area contributed by atoms with Crippen molar-refractivity contribution in [1.29, 1.82) is 0 Å². The maximum Gasteiger partial charge on any atom is 0.329 e. The summed E-state index contributed by atoms with van der Waals surface area (Å²) in [5.41, 5.74) is 2.61. The van der Waals surface area contributed by atoms with Crippen LogP contribution in [0.15, 0.2) is 65.8 Å². The summed E-state index contributed by atoms with van der Waals surface area (Å²) in [5, 5.41) is 18.9. The molecule has 3 aromatic rings. The monoisotopic (exact) mass is 396 g/mol. The molecule has 2 N–H and O–H groups in total. The quantitative estimate of drug-likeness (QED) is 0.304. The van der Waals surface area contributed by atoms with E-state index >= 15 is 0 Å². The molecule has 0 fully saturated rings. The van der Waals surface area contributed by atoms with Crippen molar-refractivity contribution < 1.29 is 14.5 Å². The second-order valence-electron chi connectivity index (χ2n) is 5.64. The number of fused-ring (bicyclic) bond motifs is 1. The van der Waals surface area contributed by atoms with E-state index in [4.69, 9.17) is 11.6 Å². The number of nitro benzene ring substituents is 1. The Morgan fingerprint density at radius 3 is 2.57 bits per heavy atom. The Labute approximate surface area is 164 Å². The Balaban J connectivity index is 1.68. The van der Waals surface area contributed by atoms with E-state index in [1.54, 1.807) is 12.1 Å². The van der Waals surface area contributed by atoms with Gasteiger partial charge in [-0.25, -0.2) is 5.43 Å². The zero-order valence-electron chi connectivity index (χ0n) is 14.3. The molecule has 0 bridgehead atoms. The number of nitrogens with zero attached hydrogens (tertiary/aromatic N) is 2. The first-order chi connectivity index (χ1) is 13.5. The molecule has 140 valence electrons. The van der Waals surface area contributed by atoms with Gasteiger partial charge in [0.25, 0.3) is 5.69 Å². The molecule has 3 aromatic carbocycles. The van der Waals surface area contributed by atoms with Gasteiger partial charge in [-0.1, -0.05) is 48.0 Å². The fourth-order valence-corrected chi connectivity index (χ4v) is 2.63. The van der Waals surface area contributed by atoms with Crippen molar-refractivity contribution >= 4 is 51.8 Å². The van der Waals surface area contributed by atoms with Gasteiger partial charge in [-0.05, 0) is 17.5 Å². The van der Waals surface area contributed by atoms with Gasteiger partial charge in [0.1, 0.15) is 0 Å². The van der Waals surface area contributed by atoms with Crippen LogP contribution in [0, 0.1) is 10.1 Å². The van der Waals surface area contributed by atoms with E-state index in [1.807, 2.05) is 30.3 Å². The Morgan fingerprint density at radius 2 is 1.79 bits per heavy atom. The minimum absolute atomic E-state index is 0.175. The Morgan fingerprint density at radius 1 is 1.04 bits per heavy atom. The number of carbonyl (C=O) groups excluding carboxylic acids is 2. The molecular weight excluding hydrogens is 384 g/mol. The van der Waals surface area contributed by atoms with Gasteiger partial charge in [-0.3, -0.25) is 19.7 Å². The molecule has 0 saturated heterocycles. The smallest absolute Gasteiger partial charge is 0.317 e. The number of hydrogen-bond acceptors (Lipinski definition) is 5. The minimum atomic E-state index is -0.995. The van der Waals surface area contributed by atoms with Gasteiger partial charge in [-0.15, -0.1) is 0 Å². The average molecular weight is 397 g/mol. The molecule has 28 heavy (non-hydrogen) atoms. The number of halogens is 1. The summed E-state index contributed by atoms with van der Waals surface area (Å²) in [7, 11) is 0. The Kier molecular flexibility index (Phi) is 5.61. The summed E-state index contributed by atoms with van der Waals surface area (Å²) in [4.78, 5) is 34.3. The number of hydrazone groups is 1. The lowest BCUT2D eigenvalue weighted by Gasteiger charge is -2.07. The van der Waals surface area contributed by atoms with Crippen LogP contribution in [0.2, 0.25) is 5.02 Å².